The lowest BCUT2D eigenvalue weighted by atomic mass is 9.80. The van der Waals surface area contributed by atoms with Gasteiger partial charge in [0, 0.05) is 36.7 Å². The molecule has 4 heteroatoms. The predicted molar refractivity (Wildman–Crippen MR) is 139 cm³/mol. The summed E-state index contributed by atoms with van der Waals surface area (Å²) in [6.07, 6.45) is 0.778. The third-order valence-corrected chi connectivity index (χ3v) is 7.19. The van der Waals surface area contributed by atoms with Crippen LogP contribution in [0.15, 0.2) is 78.9 Å². The summed E-state index contributed by atoms with van der Waals surface area (Å²) in [6, 6.07) is 28.5. The smallest absolute Gasteiger partial charge is 0.123 e. The zero-order valence-corrected chi connectivity index (χ0v) is 20.6. The van der Waals surface area contributed by atoms with Crippen molar-refractivity contribution in [1.29, 1.82) is 0 Å². The van der Waals surface area contributed by atoms with Gasteiger partial charge >= 0.3 is 0 Å². The van der Waals surface area contributed by atoms with Gasteiger partial charge in [0.2, 0.25) is 0 Å². The van der Waals surface area contributed by atoms with E-state index in [1.165, 1.54) is 22.3 Å². The van der Waals surface area contributed by atoms with Gasteiger partial charge in [-0.25, -0.2) is 0 Å². The maximum Gasteiger partial charge on any atom is 0.123 e. The minimum atomic E-state index is 0.199. The van der Waals surface area contributed by atoms with Crippen molar-refractivity contribution < 1.29 is 9.84 Å². The summed E-state index contributed by atoms with van der Waals surface area (Å²) in [5, 5.41) is 17.5. The highest BCUT2D eigenvalue weighted by Crippen LogP contribution is 2.35. The second-order valence-electron chi connectivity index (χ2n) is 9.64. The average molecular weight is 459 g/mol. The second kappa shape index (κ2) is 11.7. The molecular weight excluding hydrogens is 420 g/mol. The molecule has 1 fully saturated rings. The Morgan fingerprint density at radius 3 is 2.15 bits per heavy atom. The fraction of sp³-hybridized carbons (Fsp3) is 0.400. The van der Waals surface area contributed by atoms with Crippen LogP contribution < -0.4 is 15.4 Å². The molecule has 1 heterocycles. The van der Waals surface area contributed by atoms with E-state index < -0.39 is 0 Å². The highest BCUT2D eigenvalue weighted by Gasteiger charge is 2.40. The number of nitrogens with one attached hydrogen (secondary N) is 2. The van der Waals surface area contributed by atoms with Crippen LogP contribution in [-0.2, 0) is 6.54 Å². The summed E-state index contributed by atoms with van der Waals surface area (Å²) in [7, 11) is 1.74. The first-order chi connectivity index (χ1) is 16.6. The van der Waals surface area contributed by atoms with Crippen molar-refractivity contribution in [2.45, 2.75) is 50.7 Å². The monoisotopic (exact) mass is 458 g/mol. The van der Waals surface area contributed by atoms with Gasteiger partial charge in [-0.15, -0.1) is 0 Å². The Kier molecular flexibility index (Phi) is 8.39. The Hall–Kier alpha value is -2.66. The van der Waals surface area contributed by atoms with Gasteiger partial charge in [-0.1, -0.05) is 86.6 Å². The van der Waals surface area contributed by atoms with Crippen molar-refractivity contribution in [1.82, 2.24) is 10.6 Å². The zero-order valence-electron chi connectivity index (χ0n) is 20.6. The van der Waals surface area contributed by atoms with Crippen molar-refractivity contribution in [3.05, 3.63) is 101 Å². The minimum absolute atomic E-state index is 0.199. The number of benzene rings is 3. The Labute approximate surface area is 204 Å². The van der Waals surface area contributed by atoms with Crippen molar-refractivity contribution in [3.8, 4) is 5.75 Å². The molecule has 0 unspecified atom stereocenters. The fourth-order valence-corrected chi connectivity index (χ4v) is 5.35. The molecule has 0 bridgehead atoms. The first-order valence-electron chi connectivity index (χ1n) is 12.5. The second-order valence-corrected chi connectivity index (χ2v) is 9.64. The van der Waals surface area contributed by atoms with Crippen LogP contribution in [0.1, 0.15) is 54.4 Å². The number of ether oxygens (including phenoxy) is 1. The molecule has 3 aromatic rings. The minimum Gasteiger partial charge on any atom is -0.496 e. The van der Waals surface area contributed by atoms with Gasteiger partial charge in [-0.05, 0) is 47.6 Å². The van der Waals surface area contributed by atoms with E-state index >= 15 is 0 Å². The first kappa shape index (κ1) is 24.5. The average Bonchev–Trinajstić information content (AvgIpc) is 3.26. The van der Waals surface area contributed by atoms with Crippen LogP contribution in [-0.4, -0.2) is 37.5 Å². The third-order valence-electron chi connectivity index (χ3n) is 7.19. The van der Waals surface area contributed by atoms with Gasteiger partial charge in [-0.3, -0.25) is 0 Å². The normalized spacial score (nSPS) is 20.2. The number of aliphatic hydroxyl groups excluding tert-OH is 1. The Morgan fingerprint density at radius 2 is 1.59 bits per heavy atom. The van der Waals surface area contributed by atoms with E-state index in [0.29, 0.717) is 11.8 Å². The number of hydrogen-bond acceptors (Lipinski definition) is 4. The number of methoxy groups -OCH3 is 1. The summed E-state index contributed by atoms with van der Waals surface area (Å²) in [5.41, 5.74) is 5.11. The van der Waals surface area contributed by atoms with E-state index in [0.717, 1.165) is 25.3 Å². The summed E-state index contributed by atoms with van der Waals surface area (Å²) >= 11 is 0. The molecule has 0 aromatic heterocycles. The molecule has 1 saturated heterocycles. The summed E-state index contributed by atoms with van der Waals surface area (Å²) in [6.45, 7) is 6.26. The van der Waals surface area contributed by atoms with Crippen LogP contribution in [0.4, 0.5) is 0 Å². The first-order valence-corrected chi connectivity index (χ1v) is 12.5. The summed E-state index contributed by atoms with van der Waals surface area (Å²) in [4.78, 5) is 0. The lowest BCUT2D eigenvalue weighted by Gasteiger charge is -2.32. The van der Waals surface area contributed by atoms with Crippen LogP contribution in [0.25, 0.3) is 0 Å². The molecule has 1 aliphatic rings. The molecule has 4 nitrogen and oxygen atoms in total. The largest absolute Gasteiger partial charge is 0.496 e. The van der Waals surface area contributed by atoms with Crippen LogP contribution >= 0.6 is 0 Å². The third kappa shape index (κ3) is 5.52. The van der Waals surface area contributed by atoms with E-state index in [1.807, 2.05) is 0 Å². The molecule has 3 N–H and O–H groups in total. The fourth-order valence-electron chi connectivity index (χ4n) is 5.35. The highest BCUT2D eigenvalue weighted by atomic mass is 16.5. The molecule has 0 amide bonds. The van der Waals surface area contributed by atoms with Crippen molar-refractivity contribution in [3.63, 3.8) is 0 Å². The Bertz CT molecular complexity index is 983. The predicted octanol–water partition coefficient (Wildman–Crippen LogP) is 5.08. The topological polar surface area (TPSA) is 53.5 Å². The SMILES string of the molecule is COc1ccc(C(C)C)cc1CN[C@H]1[C@@H](CCO)CN[C@H]1C(c1ccccc1)c1ccccc1. The lowest BCUT2D eigenvalue weighted by molar-refractivity contribution is 0.241. The molecule has 34 heavy (non-hydrogen) atoms. The van der Waals surface area contributed by atoms with E-state index in [2.05, 4.69) is 103 Å². The molecular formula is C30H38N2O2. The Morgan fingerprint density at radius 1 is 0.941 bits per heavy atom. The van der Waals surface area contributed by atoms with Crippen LogP contribution in [0.2, 0.25) is 0 Å². The maximum atomic E-state index is 9.79. The number of rotatable bonds is 10. The standard InChI is InChI=1S/C30H38N2O2/c1-21(2)24-14-15-27(34-3)26(18-24)20-31-29-25(16-17-33)19-32-30(29)28(22-10-6-4-7-11-22)23-12-8-5-9-13-23/h4-15,18,21,25,28-33H,16-17,19-20H2,1-3H3/t25-,29-,30-/m0/s1. The van der Waals surface area contributed by atoms with E-state index in [4.69, 9.17) is 4.74 Å². The lowest BCUT2D eigenvalue weighted by Crippen LogP contribution is -2.46. The molecule has 3 atom stereocenters. The van der Waals surface area contributed by atoms with Crippen molar-refractivity contribution >= 4 is 0 Å². The molecule has 180 valence electrons. The van der Waals surface area contributed by atoms with E-state index in [9.17, 15) is 5.11 Å². The Balaban J connectivity index is 1.65. The number of hydrogen-bond donors (Lipinski definition) is 3. The van der Waals surface area contributed by atoms with Gasteiger partial charge in [0.15, 0.2) is 0 Å². The van der Waals surface area contributed by atoms with Gasteiger partial charge in [0.1, 0.15) is 5.75 Å². The molecule has 0 spiro atoms. The van der Waals surface area contributed by atoms with E-state index in [-0.39, 0.29) is 24.6 Å². The van der Waals surface area contributed by atoms with E-state index in [1.54, 1.807) is 7.11 Å². The van der Waals surface area contributed by atoms with Gasteiger partial charge in [-0.2, -0.15) is 0 Å². The van der Waals surface area contributed by atoms with Crippen molar-refractivity contribution in [2.75, 3.05) is 20.3 Å². The highest BCUT2D eigenvalue weighted by molar-refractivity contribution is 5.39. The molecule has 3 aromatic carbocycles. The van der Waals surface area contributed by atoms with Crippen molar-refractivity contribution in [2.24, 2.45) is 5.92 Å². The van der Waals surface area contributed by atoms with Crippen LogP contribution in [0.5, 0.6) is 5.75 Å². The number of aliphatic hydroxyl groups is 1. The molecule has 4 rings (SSSR count). The molecule has 1 aliphatic heterocycles. The maximum absolute atomic E-state index is 9.79. The molecule has 0 aliphatic carbocycles. The van der Waals surface area contributed by atoms with Crippen LogP contribution in [0.3, 0.4) is 0 Å². The van der Waals surface area contributed by atoms with Gasteiger partial charge < -0.3 is 20.5 Å². The molecule has 0 radical (unpaired) electrons. The summed E-state index contributed by atoms with van der Waals surface area (Å²) in [5.74, 6) is 1.95. The van der Waals surface area contributed by atoms with Gasteiger partial charge in [0.25, 0.3) is 0 Å². The molecule has 0 saturated carbocycles. The summed E-state index contributed by atoms with van der Waals surface area (Å²) < 4.78 is 5.69. The zero-order chi connectivity index (χ0) is 23.9. The van der Waals surface area contributed by atoms with Gasteiger partial charge in [0.05, 0.1) is 7.11 Å². The quantitative estimate of drug-likeness (QED) is 0.397. The van der Waals surface area contributed by atoms with Crippen LogP contribution in [0, 0.1) is 5.92 Å².